The number of rotatable bonds is 1. The lowest BCUT2D eigenvalue weighted by molar-refractivity contribution is 0.0678. The van der Waals surface area contributed by atoms with Crippen LogP contribution in [0.15, 0.2) is 29.6 Å². The average Bonchev–Trinajstić information content (AvgIpc) is 2.91. The molecule has 2 aromatic rings. The third-order valence-electron chi connectivity index (χ3n) is 4.14. The zero-order valence-electron chi connectivity index (χ0n) is 11.7. The molecule has 0 saturated heterocycles. The van der Waals surface area contributed by atoms with E-state index < -0.39 is 0 Å². The number of nitrogens with zero attached hydrogens (tertiary/aromatic N) is 1. The van der Waals surface area contributed by atoms with E-state index in [1.165, 1.54) is 10.4 Å². The van der Waals surface area contributed by atoms with Gasteiger partial charge in [-0.25, -0.2) is 0 Å². The van der Waals surface area contributed by atoms with Crippen molar-refractivity contribution in [2.24, 2.45) is 0 Å². The molecule has 104 valence electrons. The monoisotopic (exact) mass is 286 g/mol. The topological polar surface area (TPSA) is 46.3 Å². The maximum Gasteiger partial charge on any atom is 0.254 e. The van der Waals surface area contributed by atoms with Crippen LogP contribution in [-0.2, 0) is 6.42 Å². The van der Waals surface area contributed by atoms with Crippen LogP contribution >= 0.6 is 11.3 Å². The Morgan fingerprint density at radius 1 is 1.40 bits per heavy atom. The minimum absolute atomic E-state index is 0.0825. The van der Waals surface area contributed by atoms with Crippen molar-refractivity contribution < 1.29 is 4.79 Å². The molecule has 0 saturated carbocycles. The molecule has 0 fully saturated rings. The summed E-state index contributed by atoms with van der Waals surface area (Å²) in [5.41, 5.74) is 9.47. The van der Waals surface area contributed by atoms with Crippen LogP contribution in [0.25, 0.3) is 0 Å². The predicted molar refractivity (Wildman–Crippen MR) is 83.1 cm³/mol. The third kappa shape index (κ3) is 2.00. The number of thiophene rings is 1. The third-order valence-corrected chi connectivity index (χ3v) is 5.14. The first-order valence-electron chi connectivity index (χ1n) is 6.82. The highest BCUT2D eigenvalue weighted by Gasteiger charge is 2.29. The van der Waals surface area contributed by atoms with E-state index in [4.69, 9.17) is 5.73 Å². The van der Waals surface area contributed by atoms with Crippen LogP contribution < -0.4 is 5.73 Å². The second-order valence-corrected chi connectivity index (χ2v) is 6.24. The summed E-state index contributed by atoms with van der Waals surface area (Å²) in [6, 6.07) is 7.82. The summed E-state index contributed by atoms with van der Waals surface area (Å²) in [6.07, 6.45) is 0.949. The van der Waals surface area contributed by atoms with Crippen LogP contribution in [0.2, 0.25) is 0 Å². The Morgan fingerprint density at radius 3 is 3.00 bits per heavy atom. The lowest BCUT2D eigenvalue weighted by Gasteiger charge is -2.34. The van der Waals surface area contributed by atoms with Gasteiger partial charge in [-0.1, -0.05) is 6.07 Å². The largest absolute Gasteiger partial charge is 0.398 e. The van der Waals surface area contributed by atoms with Gasteiger partial charge in [0.25, 0.3) is 5.91 Å². The van der Waals surface area contributed by atoms with Gasteiger partial charge in [-0.2, -0.15) is 0 Å². The molecule has 1 aromatic carbocycles. The number of hydrogen-bond donors (Lipinski definition) is 1. The average molecular weight is 286 g/mol. The number of anilines is 1. The van der Waals surface area contributed by atoms with Crippen molar-refractivity contribution in [3.05, 3.63) is 51.2 Å². The first-order valence-corrected chi connectivity index (χ1v) is 7.70. The molecular formula is C16H18N2OS. The molecule has 0 radical (unpaired) electrons. The van der Waals surface area contributed by atoms with Gasteiger partial charge in [-0.15, -0.1) is 11.3 Å². The van der Waals surface area contributed by atoms with E-state index in [0.29, 0.717) is 5.69 Å². The molecule has 1 amide bonds. The van der Waals surface area contributed by atoms with Crippen LogP contribution in [-0.4, -0.2) is 17.4 Å². The van der Waals surface area contributed by atoms with Gasteiger partial charge in [-0.05, 0) is 55.0 Å². The van der Waals surface area contributed by atoms with Gasteiger partial charge in [0.1, 0.15) is 0 Å². The molecule has 1 aromatic heterocycles. The molecule has 4 heteroatoms. The van der Waals surface area contributed by atoms with Gasteiger partial charge in [0.15, 0.2) is 0 Å². The molecule has 3 rings (SSSR count). The lowest BCUT2D eigenvalue weighted by atomic mass is 9.98. The van der Waals surface area contributed by atoms with Gasteiger partial charge in [-0.3, -0.25) is 4.79 Å². The van der Waals surface area contributed by atoms with Crippen LogP contribution in [0.3, 0.4) is 0 Å². The molecule has 3 nitrogen and oxygen atoms in total. The molecule has 0 bridgehead atoms. The summed E-state index contributed by atoms with van der Waals surface area (Å²) in [5, 5.41) is 2.11. The quantitative estimate of drug-likeness (QED) is 0.817. The summed E-state index contributed by atoms with van der Waals surface area (Å²) in [4.78, 5) is 16.2. The van der Waals surface area contributed by atoms with E-state index in [0.717, 1.165) is 24.1 Å². The van der Waals surface area contributed by atoms with Crippen molar-refractivity contribution in [2.75, 3.05) is 12.3 Å². The zero-order chi connectivity index (χ0) is 14.3. The molecule has 2 heterocycles. The highest BCUT2D eigenvalue weighted by atomic mass is 32.1. The van der Waals surface area contributed by atoms with Crippen molar-refractivity contribution in [3.8, 4) is 0 Å². The number of fused-ring (bicyclic) bond motifs is 1. The first kappa shape index (κ1) is 13.2. The fraction of sp³-hybridized carbons (Fsp3) is 0.312. The molecule has 1 atom stereocenters. The Morgan fingerprint density at radius 2 is 2.20 bits per heavy atom. The molecule has 20 heavy (non-hydrogen) atoms. The predicted octanol–water partition coefficient (Wildman–Crippen LogP) is 3.40. The van der Waals surface area contributed by atoms with E-state index in [1.54, 1.807) is 11.3 Å². The Balaban J connectivity index is 1.94. The number of nitrogens with two attached hydrogens (primary N) is 1. The minimum atomic E-state index is 0.0825. The van der Waals surface area contributed by atoms with Crippen LogP contribution in [0.4, 0.5) is 5.69 Å². The normalized spacial score (nSPS) is 17.9. The van der Waals surface area contributed by atoms with E-state index in [9.17, 15) is 4.79 Å². The Bertz CT molecular complexity index is 662. The van der Waals surface area contributed by atoms with Crippen molar-refractivity contribution in [1.82, 2.24) is 4.90 Å². The second kappa shape index (κ2) is 4.94. The van der Waals surface area contributed by atoms with Crippen LogP contribution in [0.5, 0.6) is 0 Å². The van der Waals surface area contributed by atoms with Gasteiger partial charge in [0, 0.05) is 22.7 Å². The van der Waals surface area contributed by atoms with Gasteiger partial charge < -0.3 is 10.6 Å². The molecule has 1 aliphatic rings. The number of carbonyl (C=O) groups excluding carboxylic acids is 1. The van der Waals surface area contributed by atoms with Gasteiger partial charge >= 0.3 is 0 Å². The Labute approximate surface area is 123 Å². The van der Waals surface area contributed by atoms with Crippen molar-refractivity contribution in [1.29, 1.82) is 0 Å². The molecule has 1 unspecified atom stereocenters. The maximum atomic E-state index is 12.8. The van der Waals surface area contributed by atoms with Crippen LogP contribution in [0, 0.1) is 6.92 Å². The molecule has 0 spiro atoms. The van der Waals surface area contributed by atoms with Gasteiger partial charge in [0.2, 0.25) is 0 Å². The zero-order valence-corrected chi connectivity index (χ0v) is 12.5. The fourth-order valence-corrected chi connectivity index (χ4v) is 3.79. The standard InChI is InChI=1S/C16H18N2OS/c1-10-12(4-3-5-14(10)17)16(19)18-8-6-15-13(11(18)2)7-9-20-15/h3-5,7,9,11H,6,8,17H2,1-2H3. The maximum absolute atomic E-state index is 12.8. The SMILES string of the molecule is Cc1c(N)cccc1C(=O)N1CCc2sccc2C1C. The van der Waals surface area contributed by atoms with Crippen molar-refractivity contribution >= 4 is 22.9 Å². The lowest BCUT2D eigenvalue weighted by Crippen LogP contribution is -2.38. The number of nitrogen functional groups attached to an aromatic ring is 1. The van der Waals surface area contributed by atoms with E-state index >= 15 is 0 Å². The molecule has 0 aliphatic carbocycles. The smallest absolute Gasteiger partial charge is 0.254 e. The highest BCUT2D eigenvalue weighted by Crippen LogP contribution is 2.34. The summed E-state index contributed by atoms with van der Waals surface area (Å²) in [6.45, 7) is 4.79. The highest BCUT2D eigenvalue weighted by molar-refractivity contribution is 7.10. The van der Waals surface area contributed by atoms with E-state index in [1.807, 2.05) is 30.0 Å². The van der Waals surface area contributed by atoms with E-state index in [2.05, 4.69) is 18.4 Å². The van der Waals surface area contributed by atoms with E-state index in [-0.39, 0.29) is 11.9 Å². The number of benzene rings is 1. The summed E-state index contributed by atoms with van der Waals surface area (Å²) >= 11 is 1.79. The molecule has 1 aliphatic heterocycles. The molecule has 2 N–H and O–H groups in total. The van der Waals surface area contributed by atoms with Crippen molar-refractivity contribution in [2.45, 2.75) is 26.3 Å². The van der Waals surface area contributed by atoms with Crippen LogP contribution in [0.1, 0.15) is 39.3 Å². The Kier molecular flexibility index (Phi) is 3.26. The number of amides is 1. The number of carbonyl (C=O) groups is 1. The summed E-state index contributed by atoms with van der Waals surface area (Å²) in [5.74, 6) is 0.0825. The molecular weight excluding hydrogens is 268 g/mol. The second-order valence-electron chi connectivity index (χ2n) is 5.24. The fourth-order valence-electron chi connectivity index (χ4n) is 2.83. The summed E-state index contributed by atoms with van der Waals surface area (Å²) in [7, 11) is 0. The first-order chi connectivity index (χ1) is 9.59. The minimum Gasteiger partial charge on any atom is -0.398 e. The van der Waals surface area contributed by atoms with Gasteiger partial charge in [0.05, 0.1) is 6.04 Å². The Hall–Kier alpha value is -1.81. The summed E-state index contributed by atoms with van der Waals surface area (Å²) < 4.78 is 0. The number of hydrogen-bond acceptors (Lipinski definition) is 3. The van der Waals surface area contributed by atoms with Crippen molar-refractivity contribution in [3.63, 3.8) is 0 Å².